The number of hydrogen-bond acceptors (Lipinski definition) is 11. The molecular weight excluding hydrogens is 800 g/mol. The first-order chi connectivity index (χ1) is 26.9. The molecule has 19 heteroatoms. The summed E-state index contributed by atoms with van der Waals surface area (Å²) in [4.78, 5) is 96.6. The molecule has 1 rings (SSSR count). The molecule has 0 aromatic rings. The number of amides is 6. The number of nitrogens with zero attached hydrogens (tertiary/aromatic N) is 1. The quantitative estimate of drug-likeness (QED) is 0.0371. The fourth-order valence-electron chi connectivity index (χ4n) is 6.08. The number of carboxylic acid groups (broad SMARTS) is 2. The Hall–Kier alpha value is -3.68. The van der Waals surface area contributed by atoms with Gasteiger partial charge in [0, 0.05) is 57.9 Å². The molecule has 0 heterocycles. The topological polar surface area (TPSA) is 273 Å². The number of rotatable bonds is 32. The molecule has 0 aliphatic heterocycles. The van der Waals surface area contributed by atoms with Gasteiger partial charge in [-0.05, 0) is 50.9 Å². The number of carbonyl (C=O) groups excluding carboxylic acids is 6. The van der Waals surface area contributed by atoms with Crippen LogP contribution in [0.5, 0.6) is 0 Å². The fraction of sp³-hybridized carbons (Fsp3) is 0.784. The molecule has 0 bridgehead atoms. The van der Waals surface area contributed by atoms with Gasteiger partial charge in [0.25, 0.3) is 5.91 Å². The average molecular weight is 864 g/mol. The van der Waals surface area contributed by atoms with Gasteiger partial charge >= 0.3 is 11.9 Å². The summed E-state index contributed by atoms with van der Waals surface area (Å²) in [7, 11) is 0. The lowest BCUT2D eigenvalue weighted by Crippen LogP contribution is -2.45. The van der Waals surface area contributed by atoms with Crippen LogP contribution < -0.4 is 27.0 Å². The van der Waals surface area contributed by atoms with E-state index in [1.165, 1.54) is 0 Å². The maximum Gasteiger partial charge on any atom is 0.326 e. The molecule has 0 radical (unpaired) electrons. The van der Waals surface area contributed by atoms with E-state index in [0.29, 0.717) is 25.8 Å². The van der Waals surface area contributed by atoms with Gasteiger partial charge < -0.3 is 46.7 Å². The van der Waals surface area contributed by atoms with Crippen LogP contribution in [0.4, 0.5) is 0 Å². The Kier molecular flexibility index (Phi) is 28.2. The molecule has 0 aromatic carbocycles. The third-order valence-electron chi connectivity index (χ3n) is 9.29. The number of aliphatic carboxylic acids is 2. The van der Waals surface area contributed by atoms with Crippen molar-refractivity contribution in [3.05, 3.63) is 0 Å². The monoisotopic (exact) mass is 862 g/mol. The van der Waals surface area contributed by atoms with Gasteiger partial charge in [-0.1, -0.05) is 54.5 Å². The molecule has 1 saturated carbocycles. The van der Waals surface area contributed by atoms with Gasteiger partial charge in [0.05, 0.1) is 18.5 Å². The molecule has 0 aromatic heterocycles. The molecule has 0 saturated heterocycles. The number of alkyl halides is 1. The zero-order valence-electron chi connectivity index (χ0n) is 32.5. The maximum atomic E-state index is 12.9. The molecule has 6 amide bonds. The molecule has 0 spiro atoms. The minimum Gasteiger partial charge on any atom is -0.481 e. The number of carboxylic acids is 2. The first-order valence-corrected chi connectivity index (χ1v) is 20.8. The number of halogens is 1. The lowest BCUT2D eigenvalue weighted by Gasteiger charge is -2.28. The SMILES string of the molecule is NCCN(C(=O)CBr)C(=O)COCCNC(=O)COCCNC(=O)CC[C@H](NC(=O)C1CCC(CNC(=O)CCCCCCCCCCC(=O)O)CC1)C(=O)O. The predicted octanol–water partition coefficient (Wildman–Crippen LogP) is 1.22. The molecule has 8 N–H and O–H groups in total. The van der Waals surface area contributed by atoms with Crippen LogP contribution in [0.25, 0.3) is 0 Å². The molecule has 1 aliphatic carbocycles. The number of ether oxygens (including phenoxy) is 2. The summed E-state index contributed by atoms with van der Waals surface area (Å²) in [6.07, 6.45) is 10.8. The van der Waals surface area contributed by atoms with Crippen LogP contribution in [0.3, 0.4) is 0 Å². The van der Waals surface area contributed by atoms with Crippen molar-refractivity contribution in [1.29, 1.82) is 0 Å². The fourth-order valence-corrected chi connectivity index (χ4v) is 6.38. The molecule has 0 unspecified atom stereocenters. The van der Waals surface area contributed by atoms with Gasteiger partial charge in [0.15, 0.2) is 0 Å². The van der Waals surface area contributed by atoms with Crippen LogP contribution in [0.15, 0.2) is 0 Å². The summed E-state index contributed by atoms with van der Waals surface area (Å²) in [6, 6.07) is -1.22. The standard InChI is InChI=1S/C37H63BrN6O12/c38-23-33(48)44(20-17-39)34(49)26-56-22-19-41-32(47)25-55-21-18-40-31(46)16-15-29(37(53)54)43-36(52)28-13-11-27(12-14-28)24-42-30(45)9-7-5-3-1-2-4-6-8-10-35(50)51/h27-29H,1-26,39H2,(H,40,46)(H,41,47)(H,42,45)(H,43,52)(H,50,51)(H,53,54)/t27?,28?,29-/m0/s1. The van der Waals surface area contributed by atoms with Crippen molar-refractivity contribution < 1.29 is 58.0 Å². The number of nitrogens with two attached hydrogens (primary N) is 1. The van der Waals surface area contributed by atoms with E-state index in [2.05, 4.69) is 37.2 Å². The van der Waals surface area contributed by atoms with Crippen LogP contribution >= 0.6 is 15.9 Å². The Labute approximate surface area is 337 Å². The van der Waals surface area contributed by atoms with E-state index in [9.17, 15) is 43.5 Å². The van der Waals surface area contributed by atoms with Crippen molar-refractivity contribution in [2.45, 2.75) is 109 Å². The van der Waals surface area contributed by atoms with Gasteiger partial charge in [0.2, 0.25) is 29.5 Å². The highest BCUT2D eigenvalue weighted by Crippen LogP contribution is 2.29. The van der Waals surface area contributed by atoms with Crippen LogP contribution in [-0.2, 0) is 47.8 Å². The highest BCUT2D eigenvalue weighted by atomic mass is 79.9. The lowest BCUT2D eigenvalue weighted by atomic mass is 9.81. The Morgan fingerprint density at radius 3 is 1.82 bits per heavy atom. The number of carbonyl (C=O) groups is 8. The third kappa shape index (κ3) is 24.8. The molecule has 1 aliphatic rings. The van der Waals surface area contributed by atoms with Gasteiger partial charge in [-0.25, -0.2) is 4.79 Å². The normalized spacial score (nSPS) is 15.6. The zero-order valence-corrected chi connectivity index (χ0v) is 34.1. The van der Waals surface area contributed by atoms with E-state index in [1.807, 2.05) is 0 Å². The smallest absolute Gasteiger partial charge is 0.326 e. The Balaban J connectivity index is 2.14. The third-order valence-corrected chi connectivity index (χ3v) is 9.77. The average Bonchev–Trinajstić information content (AvgIpc) is 3.17. The lowest BCUT2D eigenvalue weighted by molar-refractivity contribution is -0.146. The second kappa shape index (κ2) is 31.4. The minimum atomic E-state index is -1.24. The van der Waals surface area contributed by atoms with Crippen molar-refractivity contribution in [3.63, 3.8) is 0 Å². The van der Waals surface area contributed by atoms with Crippen LogP contribution in [0, 0.1) is 11.8 Å². The summed E-state index contributed by atoms with van der Waals surface area (Å²) in [5.41, 5.74) is 5.42. The van der Waals surface area contributed by atoms with Crippen molar-refractivity contribution in [2.75, 3.05) is 64.5 Å². The summed E-state index contributed by atoms with van der Waals surface area (Å²) >= 11 is 3.00. The van der Waals surface area contributed by atoms with Crippen LogP contribution in [0.1, 0.15) is 103 Å². The van der Waals surface area contributed by atoms with Crippen molar-refractivity contribution in [2.24, 2.45) is 17.6 Å². The molecule has 320 valence electrons. The van der Waals surface area contributed by atoms with Crippen molar-refractivity contribution in [1.82, 2.24) is 26.2 Å². The van der Waals surface area contributed by atoms with E-state index in [0.717, 1.165) is 69.1 Å². The second-order valence-corrected chi connectivity index (χ2v) is 14.4. The van der Waals surface area contributed by atoms with Crippen molar-refractivity contribution >= 4 is 63.3 Å². The zero-order chi connectivity index (χ0) is 41.6. The molecule has 1 atom stereocenters. The number of unbranched alkanes of at least 4 members (excludes halogenated alkanes) is 7. The van der Waals surface area contributed by atoms with Gasteiger partial charge in [-0.2, -0.15) is 0 Å². The molecule has 1 fully saturated rings. The highest BCUT2D eigenvalue weighted by Gasteiger charge is 2.30. The summed E-state index contributed by atoms with van der Waals surface area (Å²) in [6.45, 7) is 0.335. The van der Waals surface area contributed by atoms with Crippen LogP contribution in [-0.4, -0.2) is 133 Å². The maximum absolute atomic E-state index is 12.9. The number of hydrogen-bond donors (Lipinski definition) is 7. The highest BCUT2D eigenvalue weighted by molar-refractivity contribution is 9.09. The molecule has 56 heavy (non-hydrogen) atoms. The second-order valence-electron chi connectivity index (χ2n) is 13.8. The van der Waals surface area contributed by atoms with Gasteiger partial charge in [-0.15, -0.1) is 0 Å². The first kappa shape index (κ1) is 50.3. The summed E-state index contributed by atoms with van der Waals surface area (Å²) < 4.78 is 10.4. The molecule has 18 nitrogen and oxygen atoms in total. The van der Waals surface area contributed by atoms with E-state index < -0.39 is 41.6 Å². The molecular formula is C37H63BrN6O12. The summed E-state index contributed by atoms with van der Waals surface area (Å²) in [5.74, 6) is -4.26. The Morgan fingerprint density at radius 1 is 0.696 bits per heavy atom. The largest absolute Gasteiger partial charge is 0.481 e. The predicted molar refractivity (Wildman–Crippen MR) is 208 cm³/mol. The Morgan fingerprint density at radius 2 is 1.25 bits per heavy atom. The van der Waals surface area contributed by atoms with E-state index in [1.54, 1.807) is 0 Å². The number of nitrogens with one attached hydrogen (secondary N) is 4. The van der Waals surface area contributed by atoms with E-state index >= 15 is 0 Å². The van der Waals surface area contributed by atoms with Crippen LogP contribution in [0.2, 0.25) is 0 Å². The first-order valence-electron chi connectivity index (χ1n) is 19.7. The van der Waals surface area contributed by atoms with Gasteiger partial charge in [-0.3, -0.25) is 38.5 Å². The Bertz CT molecular complexity index is 1230. The van der Waals surface area contributed by atoms with E-state index in [-0.39, 0.29) is 101 Å². The van der Waals surface area contributed by atoms with Crippen molar-refractivity contribution in [3.8, 4) is 0 Å². The summed E-state index contributed by atoms with van der Waals surface area (Å²) in [5, 5.41) is 29.0. The minimum absolute atomic E-state index is 0.0198. The number of imide groups is 1. The van der Waals surface area contributed by atoms with Gasteiger partial charge in [0.1, 0.15) is 19.3 Å². The van der Waals surface area contributed by atoms with E-state index in [4.69, 9.17) is 20.3 Å².